The first-order valence-corrected chi connectivity index (χ1v) is 12.6. The summed E-state index contributed by atoms with van der Waals surface area (Å²) in [5, 5.41) is 4.53. The van der Waals surface area contributed by atoms with Crippen molar-refractivity contribution in [2.45, 2.75) is 70.0 Å². The Morgan fingerprint density at radius 1 is 1.28 bits per heavy atom. The van der Waals surface area contributed by atoms with Gasteiger partial charge in [-0.2, -0.15) is 0 Å². The molecule has 8 heteroatoms. The number of nitrogens with one attached hydrogen (secondary N) is 1. The van der Waals surface area contributed by atoms with Crippen molar-refractivity contribution in [1.82, 2.24) is 10.3 Å². The Bertz CT molecular complexity index is 942. The number of carbonyl (C=O) groups is 2. The number of hydrogen-bond acceptors (Lipinski definition) is 5. The fraction of sp³-hybridized carbons (Fsp3) is 0.542. The minimum atomic E-state index is -0.451. The molecule has 4 rings (SSSR count). The molecule has 0 radical (unpaired) electrons. The Labute approximate surface area is 199 Å². The van der Waals surface area contributed by atoms with E-state index in [0.717, 1.165) is 54.1 Å². The van der Waals surface area contributed by atoms with Crippen LogP contribution in [0.3, 0.4) is 0 Å². The van der Waals surface area contributed by atoms with Gasteiger partial charge in [0.1, 0.15) is 6.04 Å². The number of halogens is 1. The van der Waals surface area contributed by atoms with Crippen LogP contribution in [0.2, 0.25) is 5.02 Å². The van der Waals surface area contributed by atoms with Gasteiger partial charge in [-0.15, -0.1) is 11.3 Å². The van der Waals surface area contributed by atoms with Gasteiger partial charge < -0.3 is 10.2 Å². The van der Waals surface area contributed by atoms with Crippen molar-refractivity contribution in [2.24, 2.45) is 5.92 Å². The van der Waals surface area contributed by atoms with E-state index in [1.165, 1.54) is 12.8 Å². The smallest absolute Gasteiger partial charge is 0.243 e. The molecule has 32 heavy (non-hydrogen) atoms. The van der Waals surface area contributed by atoms with Crippen LogP contribution in [-0.4, -0.2) is 36.4 Å². The zero-order valence-electron chi connectivity index (χ0n) is 18.7. The zero-order valence-corrected chi connectivity index (χ0v) is 20.2. The van der Waals surface area contributed by atoms with Gasteiger partial charge in [-0.05, 0) is 50.3 Å². The molecule has 2 heterocycles. The molecule has 0 unspecified atom stereocenters. The Hall–Kier alpha value is -2.12. The lowest BCUT2D eigenvalue weighted by Crippen LogP contribution is -2.48. The third kappa shape index (κ3) is 5.44. The maximum atomic E-state index is 13.1. The molecule has 0 aliphatic heterocycles. The third-order valence-corrected chi connectivity index (χ3v) is 8.14. The maximum Gasteiger partial charge on any atom is 0.243 e. The van der Waals surface area contributed by atoms with Gasteiger partial charge in [0.15, 0.2) is 0 Å². The molecule has 2 aliphatic carbocycles. The highest BCUT2D eigenvalue weighted by Crippen LogP contribution is 2.37. The third-order valence-electron chi connectivity index (χ3n) is 6.66. The summed E-state index contributed by atoms with van der Waals surface area (Å²) in [6, 6.07) is 5.78. The molecule has 1 N–H and O–H groups in total. The van der Waals surface area contributed by atoms with E-state index in [-0.39, 0.29) is 18.0 Å². The summed E-state index contributed by atoms with van der Waals surface area (Å²) in [4.78, 5) is 34.3. The number of rotatable bonds is 10. The second-order valence-electron chi connectivity index (χ2n) is 9.02. The SMILES string of the molecule is C[C@@H](c1ccc(N(C=O)[C@@H](CC2CCCC2)C(=O)NC2CC2)s1)N(C)c1cncc(Cl)c1. The van der Waals surface area contributed by atoms with Crippen LogP contribution in [0.25, 0.3) is 0 Å². The highest BCUT2D eigenvalue weighted by molar-refractivity contribution is 7.16. The predicted molar refractivity (Wildman–Crippen MR) is 130 cm³/mol. The Balaban J connectivity index is 1.52. The molecule has 0 spiro atoms. The first-order chi connectivity index (χ1) is 15.5. The molecule has 2 aromatic heterocycles. The Kier molecular flexibility index (Phi) is 7.36. The number of aromatic nitrogens is 1. The largest absolute Gasteiger partial charge is 0.366 e. The predicted octanol–water partition coefficient (Wildman–Crippen LogP) is 5.18. The highest BCUT2D eigenvalue weighted by atomic mass is 35.5. The summed E-state index contributed by atoms with van der Waals surface area (Å²) in [5.74, 6) is 0.490. The van der Waals surface area contributed by atoms with Crippen molar-refractivity contribution in [3.63, 3.8) is 0 Å². The van der Waals surface area contributed by atoms with Crippen LogP contribution in [-0.2, 0) is 9.59 Å². The topological polar surface area (TPSA) is 65.5 Å². The number of anilines is 2. The van der Waals surface area contributed by atoms with E-state index in [1.54, 1.807) is 28.6 Å². The van der Waals surface area contributed by atoms with Crippen molar-refractivity contribution in [3.05, 3.63) is 40.5 Å². The fourth-order valence-electron chi connectivity index (χ4n) is 4.43. The molecule has 2 atom stereocenters. The van der Waals surface area contributed by atoms with E-state index in [1.807, 2.05) is 25.2 Å². The molecule has 6 nitrogen and oxygen atoms in total. The van der Waals surface area contributed by atoms with Gasteiger partial charge in [-0.25, -0.2) is 0 Å². The van der Waals surface area contributed by atoms with Crippen LogP contribution < -0.4 is 15.1 Å². The summed E-state index contributed by atoms with van der Waals surface area (Å²) < 4.78 is 0. The van der Waals surface area contributed by atoms with Crippen LogP contribution >= 0.6 is 22.9 Å². The van der Waals surface area contributed by atoms with E-state index >= 15 is 0 Å². The summed E-state index contributed by atoms with van der Waals surface area (Å²) in [6.07, 6.45) is 11.8. The van der Waals surface area contributed by atoms with Gasteiger partial charge in [-0.3, -0.25) is 19.5 Å². The van der Waals surface area contributed by atoms with Crippen LogP contribution in [0.1, 0.15) is 62.8 Å². The molecule has 0 bridgehead atoms. The number of nitrogens with zero attached hydrogens (tertiary/aromatic N) is 3. The van der Waals surface area contributed by atoms with Gasteiger partial charge in [-0.1, -0.05) is 37.3 Å². The average Bonchev–Trinajstić information content (AvgIpc) is 3.24. The van der Waals surface area contributed by atoms with Gasteiger partial charge in [0.25, 0.3) is 0 Å². The Morgan fingerprint density at radius 3 is 2.69 bits per heavy atom. The molecule has 2 amide bonds. The lowest BCUT2D eigenvalue weighted by atomic mass is 9.97. The lowest BCUT2D eigenvalue weighted by Gasteiger charge is -2.29. The molecule has 2 fully saturated rings. The quantitative estimate of drug-likeness (QED) is 0.481. The van der Waals surface area contributed by atoms with Gasteiger partial charge in [0, 0.05) is 24.2 Å². The van der Waals surface area contributed by atoms with Crippen LogP contribution in [0.5, 0.6) is 0 Å². The molecule has 0 aromatic carbocycles. The highest BCUT2D eigenvalue weighted by Gasteiger charge is 2.34. The standard InChI is InChI=1S/C24H31ClN4O2S/c1-16(28(2)20-12-18(25)13-26-14-20)22-9-10-23(32-22)29(15-30)21(11-17-5-3-4-6-17)24(31)27-19-7-8-19/h9-10,12-17,19,21H,3-8,11H2,1-2H3,(H,27,31)/t16-,21-/m0/s1. The molecular weight excluding hydrogens is 444 g/mol. The van der Waals surface area contributed by atoms with E-state index in [4.69, 9.17) is 11.6 Å². The number of amides is 2. The summed E-state index contributed by atoms with van der Waals surface area (Å²) >= 11 is 7.67. The van der Waals surface area contributed by atoms with Crippen molar-refractivity contribution < 1.29 is 9.59 Å². The van der Waals surface area contributed by atoms with E-state index in [0.29, 0.717) is 10.9 Å². The number of hydrogen-bond donors (Lipinski definition) is 1. The summed E-state index contributed by atoms with van der Waals surface area (Å²) in [6.45, 7) is 2.11. The van der Waals surface area contributed by atoms with Crippen molar-refractivity contribution >= 4 is 45.9 Å². The number of pyridine rings is 1. The van der Waals surface area contributed by atoms with Crippen molar-refractivity contribution in [1.29, 1.82) is 0 Å². The Morgan fingerprint density at radius 2 is 2.03 bits per heavy atom. The van der Waals surface area contributed by atoms with Crippen LogP contribution in [0, 0.1) is 5.92 Å². The second-order valence-corrected chi connectivity index (χ2v) is 10.6. The fourth-order valence-corrected chi connectivity index (χ4v) is 5.71. The number of carbonyl (C=O) groups excluding carboxylic acids is 2. The molecule has 2 aromatic rings. The van der Waals surface area contributed by atoms with Crippen molar-refractivity contribution in [2.75, 3.05) is 16.8 Å². The van der Waals surface area contributed by atoms with Crippen molar-refractivity contribution in [3.8, 4) is 0 Å². The molecule has 2 aliphatic rings. The molecule has 2 saturated carbocycles. The minimum Gasteiger partial charge on any atom is -0.366 e. The first-order valence-electron chi connectivity index (χ1n) is 11.4. The van der Waals surface area contributed by atoms with Gasteiger partial charge in [0.2, 0.25) is 12.3 Å². The van der Waals surface area contributed by atoms with E-state index in [9.17, 15) is 9.59 Å². The first kappa shape index (κ1) is 23.1. The second kappa shape index (κ2) is 10.2. The summed E-state index contributed by atoms with van der Waals surface area (Å²) in [7, 11) is 2.00. The van der Waals surface area contributed by atoms with E-state index < -0.39 is 6.04 Å². The minimum absolute atomic E-state index is 0.0170. The summed E-state index contributed by atoms with van der Waals surface area (Å²) in [5.41, 5.74) is 0.926. The van der Waals surface area contributed by atoms with Gasteiger partial charge in [0.05, 0.1) is 27.9 Å². The average molecular weight is 475 g/mol. The number of thiophene rings is 1. The molecule has 0 saturated heterocycles. The maximum absolute atomic E-state index is 13.1. The van der Waals surface area contributed by atoms with Gasteiger partial charge >= 0.3 is 0 Å². The molecular formula is C24H31ClN4O2S. The van der Waals surface area contributed by atoms with E-state index in [2.05, 4.69) is 22.1 Å². The van der Waals surface area contributed by atoms with Crippen LogP contribution in [0.4, 0.5) is 10.7 Å². The normalized spacial score (nSPS) is 18.2. The van der Waals surface area contributed by atoms with Crippen LogP contribution in [0.15, 0.2) is 30.6 Å². The monoisotopic (exact) mass is 474 g/mol. The molecule has 172 valence electrons. The zero-order chi connectivity index (χ0) is 22.7. The lowest BCUT2D eigenvalue weighted by molar-refractivity contribution is -0.124.